The third-order valence-corrected chi connectivity index (χ3v) is 2.55. The molecule has 4 heteroatoms. The highest BCUT2D eigenvalue weighted by Crippen LogP contribution is 2.11. The van der Waals surface area contributed by atoms with E-state index in [0.717, 1.165) is 25.2 Å². The van der Waals surface area contributed by atoms with E-state index >= 15 is 0 Å². The number of likely N-dealkylation sites (N-methyl/N-ethyl adjacent to an activating group) is 1. The zero-order valence-electron chi connectivity index (χ0n) is 9.31. The number of rotatable bonds is 2. The highest BCUT2D eigenvalue weighted by Gasteiger charge is 2.18. The van der Waals surface area contributed by atoms with Gasteiger partial charge in [0.2, 0.25) is 0 Å². The van der Waals surface area contributed by atoms with Gasteiger partial charge in [-0.25, -0.2) is 0 Å². The molecule has 0 saturated heterocycles. The molecule has 1 aromatic rings. The van der Waals surface area contributed by atoms with Gasteiger partial charge < -0.3 is 10.2 Å². The average molecular weight is 217 g/mol. The first-order valence-electron chi connectivity index (χ1n) is 5.40. The van der Waals surface area contributed by atoms with Gasteiger partial charge in [-0.15, -0.1) is 0 Å². The Balaban J connectivity index is 2.13. The van der Waals surface area contributed by atoms with Crippen LogP contribution in [0.4, 0.5) is 5.69 Å². The van der Waals surface area contributed by atoms with E-state index in [9.17, 15) is 4.79 Å². The molecule has 16 heavy (non-hydrogen) atoms. The fourth-order valence-electron chi connectivity index (χ4n) is 1.60. The molecule has 0 bridgehead atoms. The van der Waals surface area contributed by atoms with Crippen LogP contribution in [-0.2, 0) is 4.79 Å². The van der Waals surface area contributed by atoms with E-state index in [1.807, 2.05) is 30.3 Å². The molecular weight excluding hydrogens is 202 g/mol. The first kappa shape index (κ1) is 10.7. The van der Waals surface area contributed by atoms with Gasteiger partial charge in [-0.2, -0.15) is 0 Å². The Kier molecular flexibility index (Phi) is 3.19. The monoisotopic (exact) mass is 217 g/mol. The first-order valence-corrected chi connectivity index (χ1v) is 5.40. The van der Waals surface area contributed by atoms with Gasteiger partial charge in [0.1, 0.15) is 0 Å². The number of anilines is 1. The van der Waals surface area contributed by atoms with E-state index in [0.29, 0.717) is 5.84 Å². The maximum atomic E-state index is 12.0. The summed E-state index contributed by atoms with van der Waals surface area (Å²) in [6.45, 7) is 1.56. The molecule has 1 N–H and O–H groups in total. The van der Waals surface area contributed by atoms with Gasteiger partial charge in [0.05, 0.1) is 0 Å². The number of amidine groups is 1. The minimum absolute atomic E-state index is 0.0779. The fourth-order valence-corrected chi connectivity index (χ4v) is 1.60. The Hall–Kier alpha value is -1.84. The summed E-state index contributed by atoms with van der Waals surface area (Å²) in [5, 5.41) is 3.03. The van der Waals surface area contributed by atoms with Gasteiger partial charge in [-0.1, -0.05) is 18.2 Å². The molecule has 0 aliphatic carbocycles. The standard InChI is InChI=1S/C12H15N3O/c1-15(10-6-3-2-4-7-10)12(16)11-13-8-5-9-14-11/h2-4,6-7H,5,8-9H2,1H3,(H,13,14). The summed E-state index contributed by atoms with van der Waals surface area (Å²) in [6, 6.07) is 9.56. The predicted octanol–water partition coefficient (Wildman–Crippen LogP) is 1.04. The molecular formula is C12H15N3O. The van der Waals surface area contributed by atoms with Crippen LogP contribution in [-0.4, -0.2) is 31.9 Å². The molecule has 2 rings (SSSR count). The number of para-hydroxylation sites is 1. The number of benzene rings is 1. The van der Waals surface area contributed by atoms with Crippen LogP contribution in [0.5, 0.6) is 0 Å². The van der Waals surface area contributed by atoms with Crippen molar-refractivity contribution in [3.8, 4) is 0 Å². The highest BCUT2D eigenvalue weighted by molar-refractivity contribution is 6.42. The van der Waals surface area contributed by atoms with E-state index in [-0.39, 0.29) is 5.91 Å². The number of carbonyl (C=O) groups excluding carboxylic acids is 1. The number of nitrogens with zero attached hydrogens (tertiary/aromatic N) is 2. The molecule has 0 unspecified atom stereocenters. The molecule has 1 aliphatic rings. The van der Waals surface area contributed by atoms with Crippen molar-refractivity contribution in [3.05, 3.63) is 30.3 Å². The van der Waals surface area contributed by atoms with Crippen molar-refractivity contribution in [3.63, 3.8) is 0 Å². The number of hydrogen-bond donors (Lipinski definition) is 1. The lowest BCUT2D eigenvalue weighted by Gasteiger charge is -2.20. The summed E-state index contributed by atoms with van der Waals surface area (Å²) in [6.07, 6.45) is 0.992. The van der Waals surface area contributed by atoms with Crippen molar-refractivity contribution in [1.82, 2.24) is 5.32 Å². The van der Waals surface area contributed by atoms with Crippen molar-refractivity contribution in [2.24, 2.45) is 4.99 Å². The minimum atomic E-state index is -0.0779. The molecule has 1 aromatic carbocycles. The van der Waals surface area contributed by atoms with Crippen LogP contribution in [0.15, 0.2) is 35.3 Å². The van der Waals surface area contributed by atoms with Gasteiger partial charge in [0, 0.05) is 25.8 Å². The van der Waals surface area contributed by atoms with Gasteiger partial charge in [0.15, 0.2) is 5.84 Å². The molecule has 0 radical (unpaired) electrons. The van der Waals surface area contributed by atoms with Crippen molar-refractivity contribution in [1.29, 1.82) is 0 Å². The van der Waals surface area contributed by atoms with Crippen molar-refractivity contribution in [2.45, 2.75) is 6.42 Å². The predicted molar refractivity (Wildman–Crippen MR) is 64.8 cm³/mol. The molecule has 84 valence electrons. The van der Waals surface area contributed by atoms with Gasteiger partial charge in [-0.05, 0) is 18.6 Å². The fraction of sp³-hybridized carbons (Fsp3) is 0.333. The molecule has 0 aromatic heterocycles. The van der Waals surface area contributed by atoms with E-state index in [1.54, 1.807) is 11.9 Å². The summed E-state index contributed by atoms with van der Waals surface area (Å²) in [5.41, 5.74) is 0.877. The topological polar surface area (TPSA) is 44.7 Å². The summed E-state index contributed by atoms with van der Waals surface area (Å²) >= 11 is 0. The van der Waals surface area contributed by atoms with E-state index < -0.39 is 0 Å². The SMILES string of the molecule is CN(C(=O)C1=NCCCN1)c1ccccc1. The zero-order valence-corrected chi connectivity index (χ0v) is 9.31. The lowest BCUT2D eigenvalue weighted by atomic mass is 10.3. The first-order chi connectivity index (χ1) is 7.79. The molecule has 0 fully saturated rings. The molecule has 1 heterocycles. The second-order valence-electron chi connectivity index (χ2n) is 3.71. The normalized spacial score (nSPS) is 14.9. The highest BCUT2D eigenvalue weighted by atomic mass is 16.2. The Bertz CT molecular complexity index is 400. The third-order valence-electron chi connectivity index (χ3n) is 2.55. The van der Waals surface area contributed by atoms with Crippen molar-refractivity contribution in [2.75, 3.05) is 25.0 Å². The zero-order chi connectivity index (χ0) is 11.4. The van der Waals surface area contributed by atoms with E-state index in [1.165, 1.54) is 0 Å². The number of amides is 1. The molecule has 1 aliphatic heterocycles. The number of aliphatic imine (C=N–C) groups is 1. The molecule has 1 amide bonds. The quantitative estimate of drug-likeness (QED) is 0.804. The minimum Gasteiger partial charge on any atom is -0.366 e. The van der Waals surface area contributed by atoms with Crippen LogP contribution in [0, 0.1) is 0 Å². The van der Waals surface area contributed by atoms with E-state index in [4.69, 9.17) is 0 Å². The van der Waals surface area contributed by atoms with Crippen LogP contribution in [0.1, 0.15) is 6.42 Å². The lowest BCUT2D eigenvalue weighted by Crippen LogP contribution is -2.43. The van der Waals surface area contributed by atoms with Crippen LogP contribution in [0.25, 0.3) is 0 Å². The Morgan fingerprint density at radius 3 is 2.75 bits per heavy atom. The molecule has 0 saturated carbocycles. The molecule has 4 nitrogen and oxygen atoms in total. The summed E-state index contributed by atoms with van der Waals surface area (Å²) in [4.78, 5) is 17.8. The summed E-state index contributed by atoms with van der Waals surface area (Å²) in [7, 11) is 1.76. The smallest absolute Gasteiger partial charge is 0.293 e. The second-order valence-corrected chi connectivity index (χ2v) is 3.71. The van der Waals surface area contributed by atoms with Gasteiger partial charge in [-0.3, -0.25) is 9.79 Å². The van der Waals surface area contributed by atoms with Gasteiger partial charge in [0.25, 0.3) is 5.91 Å². The van der Waals surface area contributed by atoms with Crippen LogP contribution in [0.3, 0.4) is 0 Å². The Labute approximate surface area is 95.0 Å². The third kappa shape index (κ3) is 2.21. The van der Waals surface area contributed by atoms with Crippen molar-refractivity contribution >= 4 is 17.4 Å². The summed E-state index contributed by atoms with van der Waals surface area (Å²) < 4.78 is 0. The van der Waals surface area contributed by atoms with Crippen molar-refractivity contribution < 1.29 is 4.79 Å². The maximum absolute atomic E-state index is 12.0. The largest absolute Gasteiger partial charge is 0.366 e. The lowest BCUT2D eigenvalue weighted by molar-refractivity contribution is -0.112. The van der Waals surface area contributed by atoms with Crippen LogP contribution < -0.4 is 10.2 Å². The Morgan fingerprint density at radius 2 is 2.12 bits per heavy atom. The maximum Gasteiger partial charge on any atom is 0.293 e. The number of nitrogens with one attached hydrogen (secondary N) is 1. The van der Waals surface area contributed by atoms with Crippen LogP contribution >= 0.6 is 0 Å². The molecule has 0 atom stereocenters. The summed E-state index contributed by atoms with van der Waals surface area (Å²) in [5.74, 6) is 0.392. The number of carbonyl (C=O) groups is 1. The van der Waals surface area contributed by atoms with E-state index in [2.05, 4.69) is 10.3 Å². The van der Waals surface area contributed by atoms with Crippen LogP contribution in [0.2, 0.25) is 0 Å². The number of hydrogen-bond acceptors (Lipinski definition) is 3. The second kappa shape index (κ2) is 4.79. The Morgan fingerprint density at radius 1 is 1.38 bits per heavy atom. The molecule has 0 spiro atoms. The average Bonchev–Trinajstić information content (AvgIpc) is 2.39. The van der Waals surface area contributed by atoms with Gasteiger partial charge >= 0.3 is 0 Å².